The van der Waals surface area contributed by atoms with Gasteiger partial charge < -0.3 is 5.32 Å². The van der Waals surface area contributed by atoms with Crippen LogP contribution in [-0.4, -0.2) is 35.5 Å². The van der Waals surface area contributed by atoms with Crippen molar-refractivity contribution in [2.45, 2.75) is 24.2 Å². The molecule has 0 unspecified atom stereocenters. The molecule has 0 aliphatic carbocycles. The fraction of sp³-hybridized carbons (Fsp3) is 0.385. The molecule has 0 fully saturated rings. The Morgan fingerprint density at radius 2 is 2.18 bits per heavy atom. The SMILES string of the molecule is CC(=O)NCc1ccc(S(=O)(=O)N(C)Cc2cnn(C)c2)s1. The summed E-state index contributed by atoms with van der Waals surface area (Å²) < 4.78 is 28.2. The van der Waals surface area contributed by atoms with Crippen LogP contribution < -0.4 is 5.32 Å². The van der Waals surface area contributed by atoms with Crippen LogP contribution in [0.1, 0.15) is 17.4 Å². The van der Waals surface area contributed by atoms with Crippen LogP contribution in [0.25, 0.3) is 0 Å². The zero-order valence-corrected chi connectivity index (χ0v) is 14.2. The third-order valence-corrected chi connectivity index (χ3v) is 6.33. The largest absolute Gasteiger partial charge is 0.351 e. The molecular formula is C13H18N4O3S2. The lowest BCUT2D eigenvalue weighted by Crippen LogP contribution is -2.25. The first-order valence-corrected chi connectivity index (χ1v) is 8.81. The molecule has 2 aromatic rings. The van der Waals surface area contributed by atoms with Gasteiger partial charge in [-0.05, 0) is 12.1 Å². The molecule has 22 heavy (non-hydrogen) atoms. The smallest absolute Gasteiger partial charge is 0.252 e. The lowest BCUT2D eigenvalue weighted by Gasteiger charge is -2.14. The summed E-state index contributed by atoms with van der Waals surface area (Å²) in [6.45, 7) is 2.02. The first kappa shape index (κ1) is 16.7. The van der Waals surface area contributed by atoms with Gasteiger partial charge in [-0.15, -0.1) is 11.3 Å². The van der Waals surface area contributed by atoms with E-state index in [4.69, 9.17) is 0 Å². The van der Waals surface area contributed by atoms with E-state index in [1.54, 1.807) is 36.3 Å². The van der Waals surface area contributed by atoms with Crippen molar-refractivity contribution in [2.75, 3.05) is 7.05 Å². The van der Waals surface area contributed by atoms with Crippen molar-refractivity contribution in [3.05, 3.63) is 35.0 Å². The molecule has 120 valence electrons. The zero-order chi connectivity index (χ0) is 16.3. The number of carbonyl (C=O) groups excluding carboxylic acids is 1. The Hall–Kier alpha value is -1.71. The Morgan fingerprint density at radius 3 is 2.77 bits per heavy atom. The van der Waals surface area contributed by atoms with Crippen molar-refractivity contribution < 1.29 is 13.2 Å². The highest BCUT2D eigenvalue weighted by molar-refractivity contribution is 7.91. The van der Waals surface area contributed by atoms with Gasteiger partial charge in [-0.2, -0.15) is 9.40 Å². The molecule has 0 saturated carbocycles. The fourth-order valence-electron chi connectivity index (χ4n) is 1.85. The minimum Gasteiger partial charge on any atom is -0.351 e. The van der Waals surface area contributed by atoms with Crippen LogP contribution in [0, 0.1) is 0 Å². The summed E-state index contributed by atoms with van der Waals surface area (Å²) in [7, 11) is -0.223. The Bertz CT molecular complexity index is 764. The molecule has 1 amide bonds. The second kappa shape index (κ2) is 6.59. The van der Waals surface area contributed by atoms with E-state index in [9.17, 15) is 13.2 Å². The van der Waals surface area contributed by atoms with Gasteiger partial charge >= 0.3 is 0 Å². The van der Waals surface area contributed by atoms with Gasteiger partial charge in [0.05, 0.1) is 12.7 Å². The van der Waals surface area contributed by atoms with E-state index in [-0.39, 0.29) is 16.7 Å². The number of carbonyl (C=O) groups is 1. The first-order valence-electron chi connectivity index (χ1n) is 6.56. The molecule has 2 rings (SSSR count). The number of nitrogens with zero attached hydrogens (tertiary/aromatic N) is 3. The summed E-state index contributed by atoms with van der Waals surface area (Å²) >= 11 is 1.16. The molecule has 9 heteroatoms. The lowest BCUT2D eigenvalue weighted by atomic mass is 10.4. The van der Waals surface area contributed by atoms with Gasteiger partial charge in [-0.25, -0.2) is 8.42 Å². The summed E-state index contributed by atoms with van der Waals surface area (Å²) in [6, 6.07) is 3.28. The second-order valence-electron chi connectivity index (χ2n) is 4.91. The van der Waals surface area contributed by atoms with Crippen molar-refractivity contribution in [1.29, 1.82) is 0 Å². The standard InChI is InChI=1S/C13H18N4O3S2/c1-10(18)14-7-12-4-5-13(21-12)22(19,20)17(3)9-11-6-15-16(2)8-11/h4-6,8H,7,9H2,1-3H3,(H,14,18). The number of nitrogens with one attached hydrogen (secondary N) is 1. The molecule has 0 atom stereocenters. The van der Waals surface area contributed by atoms with Crippen LogP contribution in [0.15, 0.2) is 28.7 Å². The maximum Gasteiger partial charge on any atom is 0.252 e. The van der Waals surface area contributed by atoms with E-state index in [0.717, 1.165) is 21.8 Å². The van der Waals surface area contributed by atoms with Crippen LogP contribution >= 0.6 is 11.3 Å². The summed E-state index contributed by atoms with van der Waals surface area (Å²) in [5.74, 6) is -0.147. The third kappa shape index (κ3) is 3.93. The van der Waals surface area contributed by atoms with Crippen LogP contribution in [0.4, 0.5) is 0 Å². The number of amides is 1. The molecule has 7 nitrogen and oxygen atoms in total. The van der Waals surface area contributed by atoms with Crippen molar-refractivity contribution >= 4 is 27.3 Å². The normalized spacial score (nSPS) is 11.8. The number of sulfonamides is 1. The van der Waals surface area contributed by atoms with E-state index >= 15 is 0 Å². The highest BCUT2D eigenvalue weighted by Crippen LogP contribution is 2.25. The van der Waals surface area contributed by atoms with Gasteiger partial charge in [0.15, 0.2) is 0 Å². The fourth-order valence-corrected chi connectivity index (χ4v) is 4.52. The molecule has 0 aromatic carbocycles. The Kier molecular flexibility index (Phi) is 4.99. The molecule has 2 heterocycles. The van der Waals surface area contributed by atoms with Crippen molar-refractivity contribution in [1.82, 2.24) is 19.4 Å². The predicted molar refractivity (Wildman–Crippen MR) is 83.7 cm³/mol. The average Bonchev–Trinajstić information content (AvgIpc) is 3.05. The molecule has 1 N–H and O–H groups in total. The van der Waals surface area contributed by atoms with Gasteiger partial charge in [0.1, 0.15) is 4.21 Å². The number of hydrogen-bond acceptors (Lipinski definition) is 5. The number of thiophene rings is 1. The van der Waals surface area contributed by atoms with E-state index in [0.29, 0.717) is 6.54 Å². The summed E-state index contributed by atoms with van der Waals surface area (Å²) in [4.78, 5) is 11.7. The lowest BCUT2D eigenvalue weighted by molar-refractivity contribution is -0.119. The van der Waals surface area contributed by atoms with E-state index in [1.807, 2.05) is 0 Å². The van der Waals surface area contributed by atoms with Gasteiger partial charge in [0, 0.05) is 44.2 Å². The second-order valence-corrected chi connectivity index (χ2v) is 8.35. The summed E-state index contributed by atoms with van der Waals surface area (Å²) in [5.41, 5.74) is 0.823. The summed E-state index contributed by atoms with van der Waals surface area (Å²) in [6.07, 6.45) is 3.42. The highest BCUT2D eigenvalue weighted by Gasteiger charge is 2.23. The highest BCUT2D eigenvalue weighted by atomic mass is 32.2. The molecule has 2 aromatic heterocycles. The average molecular weight is 342 g/mol. The van der Waals surface area contributed by atoms with E-state index < -0.39 is 10.0 Å². The Morgan fingerprint density at radius 1 is 1.45 bits per heavy atom. The molecule has 0 aliphatic heterocycles. The number of aryl methyl sites for hydroxylation is 1. The molecule has 0 aliphatic rings. The maximum atomic E-state index is 12.5. The van der Waals surface area contributed by atoms with Crippen molar-refractivity contribution in [3.63, 3.8) is 0 Å². The van der Waals surface area contributed by atoms with Crippen LogP contribution in [-0.2, 0) is 35.0 Å². The molecule has 0 spiro atoms. The molecular weight excluding hydrogens is 324 g/mol. The van der Waals surface area contributed by atoms with Gasteiger partial charge in [-0.3, -0.25) is 9.48 Å². The van der Waals surface area contributed by atoms with Crippen LogP contribution in [0.5, 0.6) is 0 Å². The topological polar surface area (TPSA) is 84.3 Å². The predicted octanol–water partition coefficient (Wildman–Crippen LogP) is 0.938. The Labute approximate surface area is 133 Å². The van der Waals surface area contributed by atoms with Gasteiger partial charge in [0.2, 0.25) is 5.91 Å². The third-order valence-electron chi connectivity index (χ3n) is 2.98. The van der Waals surface area contributed by atoms with Crippen molar-refractivity contribution in [3.8, 4) is 0 Å². The van der Waals surface area contributed by atoms with Gasteiger partial charge in [0.25, 0.3) is 10.0 Å². The summed E-state index contributed by atoms with van der Waals surface area (Å²) in [5, 5.41) is 6.68. The quantitative estimate of drug-likeness (QED) is 0.847. The zero-order valence-electron chi connectivity index (χ0n) is 12.6. The molecule has 0 saturated heterocycles. The Balaban J connectivity index is 2.10. The number of rotatable bonds is 6. The van der Waals surface area contributed by atoms with Crippen molar-refractivity contribution in [2.24, 2.45) is 7.05 Å². The van der Waals surface area contributed by atoms with E-state index in [2.05, 4.69) is 10.4 Å². The van der Waals surface area contributed by atoms with E-state index in [1.165, 1.54) is 18.3 Å². The maximum absolute atomic E-state index is 12.5. The minimum absolute atomic E-state index is 0.147. The molecule has 0 radical (unpaired) electrons. The van der Waals surface area contributed by atoms with Crippen LogP contribution in [0.2, 0.25) is 0 Å². The first-order chi connectivity index (χ1) is 10.3. The van der Waals surface area contributed by atoms with Crippen LogP contribution in [0.3, 0.4) is 0 Å². The minimum atomic E-state index is -3.54. The monoisotopic (exact) mass is 342 g/mol. The molecule has 0 bridgehead atoms. The van der Waals surface area contributed by atoms with Gasteiger partial charge in [-0.1, -0.05) is 0 Å². The number of hydrogen-bond donors (Lipinski definition) is 1. The number of aromatic nitrogens is 2.